The van der Waals surface area contributed by atoms with E-state index in [1.54, 1.807) is 0 Å². The van der Waals surface area contributed by atoms with Crippen molar-refractivity contribution in [2.45, 2.75) is 13.0 Å². The van der Waals surface area contributed by atoms with E-state index < -0.39 is 17.9 Å². The first kappa shape index (κ1) is 15.3. The van der Waals surface area contributed by atoms with E-state index in [4.69, 9.17) is 28.3 Å². The maximum atomic E-state index is 12.2. The summed E-state index contributed by atoms with van der Waals surface area (Å²) < 4.78 is 1.13. The Hall–Kier alpha value is -2.05. The van der Waals surface area contributed by atoms with Crippen LogP contribution in [-0.4, -0.2) is 26.8 Å². The van der Waals surface area contributed by atoms with Gasteiger partial charge in [-0.2, -0.15) is 5.10 Å². The van der Waals surface area contributed by atoms with Gasteiger partial charge in [0.15, 0.2) is 0 Å². The summed E-state index contributed by atoms with van der Waals surface area (Å²) in [6.07, 6.45) is 1.36. The van der Waals surface area contributed by atoms with E-state index in [1.165, 1.54) is 37.4 Å². The van der Waals surface area contributed by atoms with Gasteiger partial charge in [0.1, 0.15) is 11.7 Å². The van der Waals surface area contributed by atoms with Crippen LogP contribution in [0.25, 0.3) is 0 Å². The Labute approximate surface area is 130 Å². The van der Waals surface area contributed by atoms with Gasteiger partial charge in [-0.15, -0.1) is 0 Å². The summed E-state index contributed by atoms with van der Waals surface area (Å²) in [4.78, 5) is 23.2. The number of aromatic nitrogens is 2. The predicted molar refractivity (Wildman–Crippen MR) is 79.0 cm³/mol. The van der Waals surface area contributed by atoms with Crippen LogP contribution in [0, 0.1) is 0 Å². The first-order chi connectivity index (χ1) is 9.88. The Bertz CT molecular complexity index is 679. The molecule has 2 N–H and O–H groups in total. The molecule has 0 spiro atoms. The van der Waals surface area contributed by atoms with Crippen molar-refractivity contribution in [2.24, 2.45) is 0 Å². The SMILES string of the molecule is CC(C(=O)O)n1nccc1C(=O)Nc1cc(Cl)cc(Cl)c1. The fraction of sp³-hybridized carbons (Fsp3) is 0.154. The number of carbonyl (C=O) groups excluding carboxylic acids is 1. The van der Waals surface area contributed by atoms with E-state index in [0.717, 1.165) is 4.68 Å². The number of hydrogen-bond donors (Lipinski definition) is 2. The zero-order valence-electron chi connectivity index (χ0n) is 10.9. The van der Waals surface area contributed by atoms with Gasteiger partial charge in [0.25, 0.3) is 5.91 Å². The third kappa shape index (κ3) is 3.53. The van der Waals surface area contributed by atoms with Crippen molar-refractivity contribution in [3.8, 4) is 0 Å². The van der Waals surface area contributed by atoms with Crippen LogP contribution < -0.4 is 5.32 Å². The highest BCUT2D eigenvalue weighted by molar-refractivity contribution is 6.35. The monoisotopic (exact) mass is 327 g/mol. The summed E-state index contributed by atoms with van der Waals surface area (Å²) in [5.41, 5.74) is 0.536. The summed E-state index contributed by atoms with van der Waals surface area (Å²) >= 11 is 11.7. The number of carbonyl (C=O) groups is 2. The fourth-order valence-corrected chi connectivity index (χ4v) is 2.25. The predicted octanol–water partition coefficient (Wildman–Crippen LogP) is 3.09. The van der Waals surface area contributed by atoms with Gasteiger partial charge >= 0.3 is 5.97 Å². The van der Waals surface area contributed by atoms with E-state index in [9.17, 15) is 9.59 Å². The summed E-state index contributed by atoms with van der Waals surface area (Å²) in [5, 5.41) is 16.2. The molecule has 1 atom stereocenters. The van der Waals surface area contributed by atoms with Gasteiger partial charge in [-0.05, 0) is 31.2 Å². The molecule has 110 valence electrons. The lowest BCUT2D eigenvalue weighted by atomic mass is 10.3. The van der Waals surface area contributed by atoms with Crippen LogP contribution in [0.5, 0.6) is 0 Å². The van der Waals surface area contributed by atoms with Crippen molar-refractivity contribution in [3.05, 3.63) is 46.2 Å². The van der Waals surface area contributed by atoms with Gasteiger partial charge in [0.2, 0.25) is 0 Å². The zero-order valence-corrected chi connectivity index (χ0v) is 12.4. The number of anilines is 1. The molecule has 0 fully saturated rings. The van der Waals surface area contributed by atoms with Crippen LogP contribution in [0.2, 0.25) is 10.0 Å². The Morgan fingerprint density at radius 3 is 2.48 bits per heavy atom. The van der Waals surface area contributed by atoms with Crippen molar-refractivity contribution < 1.29 is 14.7 Å². The highest BCUT2D eigenvalue weighted by atomic mass is 35.5. The van der Waals surface area contributed by atoms with E-state index in [0.29, 0.717) is 15.7 Å². The van der Waals surface area contributed by atoms with Crippen LogP contribution in [-0.2, 0) is 4.79 Å². The molecule has 0 aliphatic carbocycles. The van der Waals surface area contributed by atoms with Gasteiger partial charge in [0.05, 0.1) is 0 Å². The van der Waals surface area contributed by atoms with E-state index >= 15 is 0 Å². The van der Waals surface area contributed by atoms with Crippen LogP contribution in [0.3, 0.4) is 0 Å². The molecule has 1 aromatic heterocycles. The van der Waals surface area contributed by atoms with Gasteiger partial charge in [-0.25, -0.2) is 9.48 Å². The number of carboxylic acid groups (broad SMARTS) is 1. The van der Waals surface area contributed by atoms with E-state index in [2.05, 4.69) is 10.4 Å². The average Bonchev–Trinajstić information content (AvgIpc) is 2.85. The minimum atomic E-state index is -1.08. The molecule has 1 amide bonds. The highest BCUT2D eigenvalue weighted by Gasteiger charge is 2.21. The highest BCUT2D eigenvalue weighted by Crippen LogP contribution is 2.23. The maximum Gasteiger partial charge on any atom is 0.328 e. The maximum absolute atomic E-state index is 12.2. The van der Waals surface area contributed by atoms with Crippen molar-refractivity contribution in [2.75, 3.05) is 5.32 Å². The molecule has 0 aliphatic rings. The minimum Gasteiger partial charge on any atom is -0.480 e. The molecular weight excluding hydrogens is 317 g/mol. The number of nitrogens with one attached hydrogen (secondary N) is 1. The lowest BCUT2D eigenvalue weighted by Gasteiger charge is -2.12. The van der Waals surface area contributed by atoms with Crippen LogP contribution >= 0.6 is 23.2 Å². The van der Waals surface area contributed by atoms with E-state index in [-0.39, 0.29) is 5.69 Å². The standard InChI is InChI=1S/C13H11Cl2N3O3/c1-7(13(20)21)18-11(2-3-16-18)12(19)17-10-5-8(14)4-9(15)6-10/h2-7H,1H3,(H,17,19)(H,20,21). The molecule has 0 bridgehead atoms. The second-order valence-electron chi connectivity index (χ2n) is 4.29. The molecule has 1 heterocycles. The largest absolute Gasteiger partial charge is 0.480 e. The Balaban J connectivity index is 2.25. The number of hydrogen-bond acceptors (Lipinski definition) is 3. The molecule has 0 saturated heterocycles. The molecular formula is C13H11Cl2N3O3. The molecule has 1 unspecified atom stereocenters. The number of aliphatic carboxylic acids is 1. The van der Waals surface area contributed by atoms with Gasteiger partial charge < -0.3 is 10.4 Å². The molecule has 6 nitrogen and oxygen atoms in total. The lowest BCUT2D eigenvalue weighted by molar-refractivity contribution is -0.140. The number of halogens is 2. The Morgan fingerprint density at radius 2 is 1.90 bits per heavy atom. The van der Waals surface area contributed by atoms with Crippen molar-refractivity contribution in [3.63, 3.8) is 0 Å². The summed E-state index contributed by atoms with van der Waals surface area (Å²) in [6.45, 7) is 1.43. The molecule has 0 saturated carbocycles. The molecule has 1 aromatic carbocycles. The smallest absolute Gasteiger partial charge is 0.328 e. The topological polar surface area (TPSA) is 84.2 Å². The van der Waals surface area contributed by atoms with Gasteiger partial charge in [0, 0.05) is 21.9 Å². The molecule has 2 aromatic rings. The second-order valence-corrected chi connectivity index (χ2v) is 5.16. The molecule has 21 heavy (non-hydrogen) atoms. The number of nitrogens with zero attached hydrogens (tertiary/aromatic N) is 2. The first-order valence-electron chi connectivity index (χ1n) is 5.92. The summed E-state index contributed by atoms with van der Waals surface area (Å²) in [7, 11) is 0. The average molecular weight is 328 g/mol. The minimum absolute atomic E-state index is 0.126. The lowest BCUT2D eigenvalue weighted by Crippen LogP contribution is -2.24. The number of amides is 1. The number of rotatable bonds is 4. The first-order valence-corrected chi connectivity index (χ1v) is 6.68. The molecule has 0 radical (unpaired) electrons. The molecule has 8 heteroatoms. The normalized spacial score (nSPS) is 12.0. The number of carboxylic acids is 1. The van der Waals surface area contributed by atoms with Crippen LogP contribution in [0.15, 0.2) is 30.5 Å². The third-order valence-corrected chi connectivity index (χ3v) is 3.18. The summed E-state index contributed by atoms with van der Waals surface area (Å²) in [5.74, 6) is -1.59. The Kier molecular flexibility index (Phi) is 4.50. The van der Waals surface area contributed by atoms with Crippen molar-refractivity contribution in [1.29, 1.82) is 0 Å². The second kappa shape index (κ2) is 6.15. The van der Waals surface area contributed by atoms with Crippen LogP contribution in [0.4, 0.5) is 5.69 Å². The van der Waals surface area contributed by atoms with Crippen molar-refractivity contribution >= 4 is 40.8 Å². The van der Waals surface area contributed by atoms with Gasteiger partial charge in [-0.1, -0.05) is 23.2 Å². The summed E-state index contributed by atoms with van der Waals surface area (Å²) in [6, 6.07) is 5.08. The van der Waals surface area contributed by atoms with Crippen LogP contribution in [0.1, 0.15) is 23.5 Å². The van der Waals surface area contributed by atoms with Crippen molar-refractivity contribution in [1.82, 2.24) is 9.78 Å². The number of benzene rings is 1. The van der Waals surface area contributed by atoms with E-state index in [1.807, 2.05) is 0 Å². The zero-order chi connectivity index (χ0) is 15.6. The third-order valence-electron chi connectivity index (χ3n) is 2.75. The quantitative estimate of drug-likeness (QED) is 0.903. The van der Waals surface area contributed by atoms with Gasteiger partial charge in [-0.3, -0.25) is 4.79 Å². The Morgan fingerprint density at radius 1 is 1.29 bits per heavy atom. The molecule has 2 rings (SSSR count). The molecule has 0 aliphatic heterocycles. The fourth-order valence-electron chi connectivity index (χ4n) is 1.73.